The maximum atomic E-state index is 6.21. The molecule has 0 amide bonds. The first kappa shape index (κ1) is 18.3. The van der Waals surface area contributed by atoms with Crippen LogP contribution in [0.15, 0.2) is 91.1 Å². The minimum Gasteiger partial charge on any atom is -0.457 e. The first-order valence-electron chi connectivity index (χ1n) is 10.4. The number of rotatable bonds is 4. The van der Waals surface area contributed by atoms with E-state index in [0.717, 1.165) is 56.2 Å². The molecule has 0 spiro atoms. The molecule has 3 aromatic heterocycles. The topological polar surface area (TPSA) is 64.3 Å². The SMILES string of the molecule is Cc1nc2c3cc(Oc4cccc(Nc5ccccn5)c4)ccc3c3ccccc3n2n1. The van der Waals surface area contributed by atoms with Gasteiger partial charge in [-0.1, -0.05) is 30.3 Å². The Morgan fingerprint density at radius 2 is 1.66 bits per heavy atom. The molecule has 0 fully saturated rings. The third kappa shape index (κ3) is 3.18. The Morgan fingerprint density at radius 1 is 0.781 bits per heavy atom. The van der Waals surface area contributed by atoms with Crippen molar-refractivity contribution in [1.29, 1.82) is 0 Å². The largest absolute Gasteiger partial charge is 0.457 e. The summed E-state index contributed by atoms with van der Waals surface area (Å²) in [5.74, 6) is 3.00. The number of benzene rings is 3. The monoisotopic (exact) mass is 417 g/mol. The number of nitrogens with zero attached hydrogens (tertiary/aromatic N) is 4. The molecular weight excluding hydrogens is 398 g/mol. The Morgan fingerprint density at radius 3 is 2.56 bits per heavy atom. The van der Waals surface area contributed by atoms with Crippen molar-refractivity contribution >= 4 is 38.8 Å². The van der Waals surface area contributed by atoms with Crippen LogP contribution in [0, 0.1) is 6.92 Å². The summed E-state index contributed by atoms with van der Waals surface area (Å²) in [6.07, 6.45) is 1.76. The van der Waals surface area contributed by atoms with Crippen LogP contribution in [0.25, 0.3) is 27.3 Å². The van der Waals surface area contributed by atoms with Crippen LogP contribution in [-0.4, -0.2) is 19.6 Å². The molecule has 0 atom stereocenters. The number of nitrogens with one attached hydrogen (secondary N) is 1. The quantitative estimate of drug-likeness (QED) is 0.342. The minimum atomic E-state index is 0.736. The number of hydrogen-bond acceptors (Lipinski definition) is 5. The molecule has 1 N–H and O–H groups in total. The molecule has 0 bridgehead atoms. The summed E-state index contributed by atoms with van der Waals surface area (Å²) in [6.45, 7) is 1.91. The Kier molecular flexibility index (Phi) is 4.21. The van der Waals surface area contributed by atoms with Crippen molar-refractivity contribution < 1.29 is 4.74 Å². The Labute approximate surface area is 184 Å². The second-order valence-electron chi connectivity index (χ2n) is 7.59. The highest BCUT2D eigenvalue weighted by Crippen LogP contribution is 2.33. The predicted octanol–water partition coefficient (Wildman–Crippen LogP) is 6.28. The Hall–Kier alpha value is -4.45. The third-order valence-corrected chi connectivity index (χ3v) is 5.37. The summed E-state index contributed by atoms with van der Waals surface area (Å²) in [6, 6.07) is 27.9. The highest BCUT2D eigenvalue weighted by molar-refractivity contribution is 6.11. The second kappa shape index (κ2) is 7.35. The zero-order valence-electron chi connectivity index (χ0n) is 17.4. The Bertz CT molecular complexity index is 1590. The van der Waals surface area contributed by atoms with Crippen molar-refractivity contribution in [2.45, 2.75) is 6.92 Å². The van der Waals surface area contributed by atoms with Crippen molar-refractivity contribution in [2.75, 3.05) is 5.32 Å². The highest BCUT2D eigenvalue weighted by atomic mass is 16.5. The van der Waals surface area contributed by atoms with Crippen LogP contribution in [0.1, 0.15) is 5.82 Å². The molecule has 0 unspecified atom stereocenters. The summed E-state index contributed by atoms with van der Waals surface area (Å²) in [5, 5.41) is 11.2. The van der Waals surface area contributed by atoms with E-state index in [0.29, 0.717) is 0 Å². The van der Waals surface area contributed by atoms with E-state index in [2.05, 4.69) is 38.6 Å². The maximum absolute atomic E-state index is 6.21. The number of pyridine rings is 2. The van der Waals surface area contributed by atoms with Gasteiger partial charge < -0.3 is 10.1 Å². The van der Waals surface area contributed by atoms with E-state index in [1.54, 1.807) is 6.20 Å². The van der Waals surface area contributed by atoms with Gasteiger partial charge >= 0.3 is 0 Å². The fourth-order valence-corrected chi connectivity index (χ4v) is 4.01. The Balaban J connectivity index is 1.41. The molecule has 154 valence electrons. The van der Waals surface area contributed by atoms with Crippen molar-refractivity contribution in [3.05, 3.63) is 97.0 Å². The van der Waals surface area contributed by atoms with E-state index in [-0.39, 0.29) is 0 Å². The van der Waals surface area contributed by atoms with Crippen molar-refractivity contribution in [3.8, 4) is 11.5 Å². The molecule has 0 saturated carbocycles. The van der Waals surface area contributed by atoms with E-state index in [1.165, 1.54) is 0 Å². The van der Waals surface area contributed by atoms with Crippen LogP contribution < -0.4 is 10.1 Å². The van der Waals surface area contributed by atoms with E-state index in [1.807, 2.05) is 78.2 Å². The van der Waals surface area contributed by atoms with Crippen LogP contribution in [0.3, 0.4) is 0 Å². The number of ether oxygens (including phenoxy) is 1. The van der Waals surface area contributed by atoms with Gasteiger partial charge in [-0.05, 0) is 60.8 Å². The van der Waals surface area contributed by atoms with Crippen molar-refractivity contribution in [2.24, 2.45) is 0 Å². The number of aromatic nitrogens is 4. The van der Waals surface area contributed by atoms with Gasteiger partial charge in [-0.25, -0.2) is 14.5 Å². The van der Waals surface area contributed by atoms with Gasteiger partial charge in [-0.3, -0.25) is 0 Å². The van der Waals surface area contributed by atoms with E-state index in [4.69, 9.17) is 4.74 Å². The van der Waals surface area contributed by atoms with Crippen LogP contribution in [0.5, 0.6) is 11.5 Å². The lowest BCUT2D eigenvalue weighted by atomic mass is 10.1. The fourth-order valence-electron chi connectivity index (χ4n) is 4.01. The molecule has 6 heteroatoms. The van der Waals surface area contributed by atoms with Gasteiger partial charge in [-0.2, -0.15) is 5.10 Å². The predicted molar refractivity (Wildman–Crippen MR) is 127 cm³/mol. The van der Waals surface area contributed by atoms with Gasteiger partial charge in [0.15, 0.2) is 5.65 Å². The van der Waals surface area contributed by atoms with Gasteiger partial charge in [0.25, 0.3) is 0 Å². The van der Waals surface area contributed by atoms with Gasteiger partial charge in [-0.15, -0.1) is 0 Å². The summed E-state index contributed by atoms with van der Waals surface area (Å²) in [4.78, 5) is 8.99. The maximum Gasteiger partial charge on any atom is 0.164 e. The smallest absolute Gasteiger partial charge is 0.164 e. The van der Waals surface area contributed by atoms with Gasteiger partial charge in [0.2, 0.25) is 0 Å². The number of anilines is 2. The first-order valence-corrected chi connectivity index (χ1v) is 10.4. The van der Waals surface area contributed by atoms with Crippen LogP contribution >= 0.6 is 0 Å². The van der Waals surface area contributed by atoms with Crippen LogP contribution in [-0.2, 0) is 0 Å². The lowest BCUT2D eigenvalue weighted by Gasteiger charge is -2.11. The second-order valence-corrected chi connectivity index (χ2v) is 7.59. The standard InChI is InChI=1S/C26H19N5O/c1-17-28-26-23-16-20(12-13-21(23)22-9-2-3-10-24(22)31(26)30-17)32-19-8-6-7-18(15-19)29-25-11-4-5-14-27-25/h2-16H,1H3,(H,27,29). The molecule has 0 radical (unpaired) electrons. The molecule has 6 aromatic rings. The highest BCUT2D eigenvalue weighted by Gasteiger charge is 2.12. The molecule has 0 aliphatic rings. The summed E-state index contributed by atoms with van der Waals surface area (Å²) in [7, 11) is 0. The normalized spacial score (nSPS) is 11.3. The molecule has 0 aliphatic heterocycles. The summed E-state index contributed by atoms with van der Waals surface area (Å²) < 4.78 is 8.13. The molecular formula is C26H19N5O. The first-order chi connectivity index (χ1) is 15.7. The number of fused-ring (bicyclic) bond motifs is 6. The van der Waals surface area contributed by atoms with E-state index in [9.17, 15) is 0 Å². The van der Waals surface area contributed by atoms with Gasteiger partial charge in [0.1, 0.15) is 23.1 Å². The van der Waals surface area contributed by atoms with E-state index >= 15 is 0 Å². The molecule has 3 aromatic carbocycles. The van der Waals surface area contributed by atoms with Crippen LogP contribution in [0.2, 0.25) is 0 Å². The molecule has 0 saturated heterocycles. The third-order valence-electron chi connectivity index (χ3n) is 5.37. The molecule has 0 aliphatic carbocycles. The van der Waals surface area contributed by atoms with E-state index < -0.39 is 0 Å². The average molecular weight is 417 g/mol. The van der Waals surface area contributed by atoms with Gasteiger partial charge in [0, 0.05) is 28.7 Å². The van der Waals surface area contributed by atoms with Gasteiger partial charge in [0.05, 0.1) is 5.52 Å². The molecule has 3 heterocycles. The molecule has 32 heavy (non-hydrogen) atoms. The zero-order valence-corrected chi connectivity index (χ0v) is 17.4. The molecule has 6 nitrogen and oxygen atoms in total. The summed E-state index contributed by atoms with van der Waals surface area (Å²) >= 11 is 0. The molecule has 6 rings (SSSR count). The van der Waals surface area contributed by atoms with Crippen LogP contribution in [0.4, 0.5) is 11.5 Å². The average Bonchev–Trinajstić information content (AvgIpc) is 3.22. The summed E-state index contributed by atoms with van der Waals surface area (Å²) in [5.41, 5.74) is 2.77. The number of aryl methyl sites for hydroxylation is 1. The lowest BCUT2D eigenvalue weighted by Crippen LogP contribution is -1.94. The lowest BCUT2D eigenvalue weighted by molar-refractivity contribution is 0.484. The zero-order chi connectivity index (χ0) is 21.5. The van der Waals surface area contributed by atoms with Crippen molar-refractivity contribution in [1.82, 2.24) is 19.6 Å². The number of hydrogen-bond donors (Lipinski definition) is 1. The minimum absolute atomic E-state index is 0.736. The number of para-hydroxylation sites is 1. The fraction of sp³-hybridized carbons (Fsp3) is 0.0385. The van der Waals surface area contributed by atoms with Crippen molar-refractivity contribution in [3.63, 3.8) is 0 Å².